The van der Waals surface area contributed by atoms with Crippen molar-refractivity contribution < 1.29 is 14.3 Å². The molecule has 0 radical (unpaired) electrons. The van der Waals surface area contributed by atoms with Crippen LogP contribution < -0.4 is 4.74 Å². The van der Waals surface area contributed by atoms with Crippen LogP contribution in [0.25, 0.3) is 11.0 Å². The predicted octanol–water partition coefficient (Wildman–Crippen LogP) is 4.32. The molecule has 3 heterocycles. The van der Waals surface area contributed by atoms with Crippen LogP contribution in [0.3, 0.4) is 0 Å². The van der Waals surface area contributed by atoms with Crippen LogP contribution in [-0.2, 0) is 4.79 Å². The highest BCUT2D eigenvalue weighted by Crippen LogP contribution is 2.34. The summed E-state index contributed by atoms with van der Waals surface area (Å²) in [5.74, 6) is 1.52. The number of fused-ring (bicyclic) bond motifs is 1. The number of benzene rings is 2. The van der Waals surface area contributed by atoms with Crippen LogP contribution in [0.5, 0.6) is 11.6 Å². The second kappa shape index (κ2) is 8.26. The lowest BCUT2D eigenvalue weighted by Crippen LogP contribution is -2.25. The van der Waals surface area contributed by atoms with E-state index >= 15 is 0 Å². The van der Waals surface area contributed by atoms with Crippen LogP contribution in [0.2, 0.25) is 0 Å². The molecule has 2 aromatic heterocycles. The van der Waals surface area contributed by atoms with E-state index in [1.165, 1.54) is 0 Å². The number of amides is 1. The van der Waals surface area contributed by atoms with E-state index in [1.54, 1.807) is 37.4 Å². The number of nitrogens with zero attached hydrogens (tertiary/aromatic N) is 3. The summed E-state index contributed by atoms with van der Waals surface area (Å²) < 4.78 is 6.06. The van der Waals surface area contributed by atoms with Gasteiger partial charge in [0.05, 0.1) is 11.0 Å². The van der Waals surface area contributed by atoms with Crippen molar-refractivity contribution in [1.29, 1.82) is 0 Å². The Morgan fingerprint density at radius 3 is 2.62 bits per heavy atom. The number of pyridine rings is 1. The standard InChI is InChI=1S/C25H22N4O3/c1-16(30)29-14-12-18(15-29)20-5-4-13-26-25(20)32-19-10-8-17(9-11-19)23(31)24-27-21-6-2-3-7-22(21)28-24/h2-11,13,18H,12,14-15H2,1H3,(H,27,28)/t18-/m1/s1. The summed E-state index contributed by atoms with van der Waals surface area (Å²) in [5.41, 5.74) is 3.09. The van der Waals surface area contributed by atoms with Gasteiger partial charge in [-0.1, -0.05) is 18.2 Å². The van der Waals surface area contributed by atoms with Crippen molar-refractivity contribution in [2.75, 3.05) is 13.1 Å². The van der Waals surface area contributed by atoms with Gasteiger partial charge in [0, 0.05) is 43.3 Å². The van der Waals surface area contributed by atoms with E-state index in [1.807, 2.05) is 41.3 Å². The first-order valence-corrected chi connectivity index (χ1v) is 10.6. The number of aromatic nitrogens is 3. The highest BCUT2D eigenvalue weighted by atomic mass is 16.5. The van der Waals surface area contributed by atoms with Crippen LogP contribution >= 0.6 is 0 Å². The quantitative estimate of drug-likeness (QED) is 0.480. The molecule has 5 rings (SSSR count). The summed E-state index contributed by atoms with van der Waals surface area (Å²) in [4.78, 5) is 38.2. The molecule has 0 bridgehead atoms. The monoisotopic (exact) mass is 426 g/mol. The zero-order valence-electron chi connectivity index (χ0n) is 17.6. The SMILES string of the molecule is CC(=O)N1CC[C@@H](c2cccnc2Oc2ccc(C(=O)c3nc4ccccc4[nH]3)cc2)C1. The Morgan fingerprint density at radius 2 is 1.88 bits per heavy atom. The number of likely N-dealkylation sites (tertiary alicyclic amines) is 1. The average Bonchev–Trinajstić information content (AvgIpc) is 3.47. The molecule has 0 aliphatic carbocycles. The molecule has 7 heteroatoms. The Morgan fingerprint density at radius 1 is 1.06 bits per heavy atom. The van der Waals surface area contributed by atoms with E-state index in [0.717, 1.165) is 29.6 Å². The normalized spacial score (nSPS) is 15.8. The molecule has 0 saturated carbocycles. The van der Waals surface area contributed by atoms with Gasteiger partial charge in [0.1, 0.15) is 5.75 Å². The molecule has 2 aromatic carbocycles. The Bertz CT molecular complexity index is 1260. The molecule has 4 aromatic rings. The van der Waals surface area contributed by atoms with Gasteiger partial charge in [-0.05, 0) is 48.9 Å². The van der Waals surface area contributed by atoms with Gasteiger partial charge < -0.3 is 14.6 Å². The summed E-state index contributed by atoms with van der Waals surface area (Å²) in [6, 6.07) is 18.4. The number of ether oxygens (including phenoxy) is 1. The van der Waals surface area contributed by atoms with Gasteiger partial charge in [0.2, 0.25) is 17.6 Å². The average molecular weight is 426 g/mol. The van der Waals surface area contributed by atoms with Crippen molar-refractivity contribution in [2.45, 2.75) is 19.3 Å². The van der Waals surface area contributed by atoms with Gasteiger partial charge in [0.25, 0.3) is 0 Å². The largest absolute Gasteiger partial charge is 0.439 e. The number of imidazole rings is 1. The Labute approximate surface area is 185 Å². The highest BCUT2D eigenvalue weighted by molar-refractivity contribution is 6.08. The van der Waals surface area contributed by atoms with Crippen molar-refractivity contribution >= 4 is 22.7 Å². The molecule has 1 aliphatic rings. The van der Waals surface area contributed by atoms with Crippen LogP contribution in [-0.4, -0.2) is 44.6 Å². The molecule has 0 unspecified atom stereocenters. The fraction of sp³-hybridized carbons (Fsp3) is 0.200. The van der Waals surface area contributed by atoms with E-state index in [0.29, 0.717) is 29.6 Å². The molecule has 0 spiro atoms. The minimum absolute atomic E-state index is 0.0866. The fourth-order valence-electron chi connectivity index (χ4n) is 4.08. The molecular formula is C25H22N4O3. The predicted molar refractivity (Wildman–Crippen MR) is 120 cm³/mol. The van der Waals surface area contributed by atoms with E-state index in [-0.39, 0.29) is 17.6 Å². The van der Waals surface area contributed by atoms with Crippen molar-refractivity contribution in [2.24, 2.45) is 0 Å². The zero-order valence-corrected chi connectivity index (χ0v) is 17.6. The zero-order chi connectivity index (χ0) is 22.1. The molecule has 1 N–H and O–H groups in total. The second-order valence-electron chi connectivity index (χ2n) is 7.91. The molecule has 1 atom stereocenters. The third-order valence-electron chi connectivity index (χ3n) is 5.81. The number of carbonyl (C=O) groups excluding carboxylic acids is 2. The minimum atomic E-state index is -0.179. The molecular weight excluding hydrogens is 404 g/mol. The molecule has 7 nitrogen and oxygen atoms in total. The molecule has 160 valence electrons. The number of ketones is 1. The van der Waals surface area contributed by atoms with Crippen molar-refractivity contribution in [1.82, 2.24) is 19.9 Å². The van der Waals surface area contributed by atoms with Crippen LogP contribution in [0.4, 0.5) is 0 Å². The minimum Gasteiger partial charge on any atom is -0.439 e. The first-order valence-electron chi connectivity index (χ1n) is 10.6. The maximum Gasteiger partial charge on any atom is 0.228 e. The van der Waals surface area contributed by atoms with Gasteiger partial charge in [-0.3, -0.25) is 9.59 Å². The van der Waals surface area contributed by atoms with Crippen molar-refractivity contribution in [3.05, 3.63) is 83.8 Å². The summed E-state index contributed by atoms with van der Waals surface area (Å²) in [6.45, 7) is 3.01. The summed E-state index contributed by atoms with van der Waals surface area (Å²) in [5, 5.41) is 0. The van der Waals surface area contributed by atoms with Crippen molar-refractivity contribution in [3.8, 4) is 11.6 Å². The van der Waals surface area contributed by atoms with Crippen molar-refractivity contribution in [3.63, 3.8) is 0 Å². The van der Waals surface area contributed by atoms with Gasteiger partial charge in [-0.15, -0.1) is 0 Å². The van der Waals surface area contributed by atoms with Crippen LogP contribution in [0.1, 0.15) is 41.0 Å². The third kappa shape index (κ3) is 3.85. The number of para-hydroxylation sites is 2. The van der Waals surface area contributed by atoms with Gasteiger partial charge in [-0.25, -0.2) is 9.97 Å². The lowest BCUT2D eigenvalue weighted by Gasteiger charge is -2.16. The molecule has 1 saturated heterocycles. The number of rotatable bonds is 5. The number of aromatic amines is 1. The summed E-state index contributed by atoms with van der Waals surface area (Å²) in [7, 11) is 0. The molecule has 32 heavy (non-hydrogen) atoms. The van der Waals surface area contributed by atoms with Crippen LogP contribution in [0, 0.1) is 0 Å². The second-order valence-corrected chi connectivity index (χ2v) is 7.91. The molecule has 1 fully saturated rings. The number of nitrogens with one attached hydrogen (secondary N) is 1. The first-order chi connectivity index (χ1) is 15.6. The number of H-pyrrole nitrogens is 1. The van der Waals surface area contributed by atoms with E-state index in [2.05, 4.69) is 15.0 Å². The Hall–Kier alpha value is -4.00. The lowest BCUT2D eigenvalue weighted by atomic mass is 10.00. The van der Waals surface area contributed by atoms with E-state index in [4.69, 9.17) is 4.74 Å². The third-order valence-corrected chi connectivity index (χ3v) is 5.81. The summed E-state index contributed by atoms with van der Waals surface area (Å²) >= 11 is 0. The highest BCUT2D eigenvalue weighted by Gasteiger charge is 2.28. The van der Waals surface area contributed by atoms with Gasteiger partial charge in [0.15, 0.2) is 5.82 Å². The van der Waals surface area contributed by atoms with Gasteiger partial charge >= 0.3 is 0 Å². The topological polar surface area (TPSA) is 88.2 Å². The fourth-order valence-corrected chi connectivity index (χ4v) is 4.08. The smallest absolute Gasteiger partial charge is 0.228 e. The molecule has 1 amide bonds. The van der Waals surface area contributed by atoms with Gasteiger partial charge in [-0.2, -0.15) is 0 Å². The maximum atomic E-state index is 12.8. The summed E-state index contributed by atoms with van der Waals surface area (Å²) in [6.07, 6.45) is 2.57. The number of hydrogen-bond donors (Lipinski definition) is 1. The van der Waals surface area contributed by atoms with E-state index < -0.39 is 0 Å². The molecule has 1 aliphatic heterocycles. The van der Waals surface area contributed by atoms with Crippen LogP contribution in [0.15, 0.2) is 66.9 Å². The van der Waals surface area contributed by atoms with E-state index in [9.17, 15) is 9.59 Å². The number of hydrogen-bond acceptors (Lipinski definition) is 5. The Kier molecular flexibility index (Phi) is 5.15. The maximum absolute atomic E-state index is 12.8. The Balaban J connectivity index is 1.33. The number of carbonyl (C=O) groups is 2. The lowest BCUT2D eigenvalue weighted by molar-refractivity contribution is -0.127. The first kappa shape index (κ1) is 19.9.